The van der Waals surface area contributed by atoms with Gasteiger partial charge in [0.15, 0.2) is 0 Å². The van der Waals surface area contributed by atoms with Crippen molar-refractivity contribution in [3.8, 4) is 0 Å². The third-order valence-corrected chi connectivity index (χ3v) is 6.26. The number of anilines is 1. The molecule has 1 atom stereocenters. The number of nitrogens with one attached hydrogen (secondary N) is 1. The van der Waals surface area contributed by atoms with Crippen LogP contribution < -0.4 is 10.2 Å². The second-order valence-corrected chi connectivity index (χ2v) is 7.87. The molecule has 2 aliphatic heterocycles. The number of piperazine rings is 1. The molecule has 5 heteroatoms. The van der Waals surface area contributed by atoms with E-state index in [0.717, 1.165) is 50.3 Å². The summed E-state index contributed by atoms with van der Waals surface area (Å²) in [7, 11) is 0. The molecular formula is C21H24N4O. The maximum absolute atomic E-state index is 12.6. The highest BCUT2D eigenvalue weighted by Gasteiger charge is 2.50. The highest BCUT2D eigenvalue weighted by Crippen LogP contribution is 2.44. The van der Waals surface area contributed by atoms with Gasteiger partial charge in [0.2, 0.25) is 5.91 Å². The molecule has 1 aromatic carbocycles. The van der Waals surface area contributed by atoms with Crippen LogP contribution in [-0.4, -0.2) is 34.0 Å². The second-order valence-electron chi connectivity index (χ2n) is 7.87. The van der Waals surface area contributed by atoms with E-state index in [4.69, 9.17) is 4.98 Å². The van der Waals surface area contributed by atoms with E-state index in [9.17, 15) is 4.79 Å². The van der Waals surface area contributed by atoms with Gasteiger partial charge >= 0.3 is 0 Å². The van der Waals surface area contributed by atoms with Crippen molar-refractivity contribution in [2.45, 2.75) is 56.5 Å². The predicted molar refractivity (Wildman–Crippen MR) is 100 cm³/mol. The van der Waals surface area contributed by atoms with Crippen LogP contribution in [0.5, 0.6) is 0 Å². The maximum Gasteiger partial charge on any atom is 0.242 e. The smallest absolute Gasteiger partial charge is 0.242 e. The summed E-state index contributed by atoms with van der Waals surface area (Å²) in [4.78, 5) is 24.5. The molecule has 1 saturated carbocycles. The molecule has 3 heterocycles. The minimum absolute atomic E-state index is 0.0477. The molecule has 1 N–H and O–H groups in total. The molecule has 1 saturated heterocycles. The SMILES string of the molecule is O=C1NCC2(CCCC2)N2c3nc(Cc4ccccc4)ncc3CCC12. The fourth-order valence-electron chi connectivity index (χ4n) is 4.96. The van der Waals surface area contributed by atoms with Crippen LogP contribution in [0.15, 0.2) is 36.5 Å². The highest BCUT2D eigenvalue weighted by atomic mass is 16.2. The van der Waals surface area contributed by atoms with E-state index in [1.807, 2.05) is 24.4 Å². The Bertz CT molecular complexity index is 829. The van der Waals surface area contributed by atoms with Crippen molar-refractivity contribution in [2.75, 3.05) is 11.4 Å². The molecule has 0 bridgehead atoms. The molecule has 5 rings (SSSR count). The lowest BCUT2D eigenvalue weighted by molar-refractivity contribution is -0.125. The zero-order valence-corrected chi connectivity index (χ0v) is 14.9. The van der Waals surface area contributed by atoms with Crippen molar-refractivity contribution in [1.29, 1.82) is 0 Å². The number of aryl methyl sites for hydroxylation is 1. The van der Waals surface area contributed by atoms with Crippen LogP contribution in [0.1, 0.15) is 49.1 Å². The van der Waals surface area contributed by atoms with Gasteiger partial charge in [-0.25, -0.2) is 9.97 Å². The molecule has 26 heavy (non-hydrogen) atoms. The molecule has 1 amide bonds. The third kappa shape index (κ3) is 2.49. The molecule has 134 valence electrons. The van der Waals surface area contributed by atoms with Crippen molar-refractivity contribution >= 4 is 11.7 Å². The second kappa shape index (κ2) is 6.08. The first kappa shape index (κ1) is 15.8. The Morgan fingerprint density at radius 1 is 1.19 bits per heavy atom. The molecule has 1 spiro atoms. The van der Waals surface area contributed by atoms with E-state index in [-0.39, 0.29) is 17.5 Å². The molecule has 2 fully saturated rings. The van der Waals surface area contributed by atoms with Gasteiger partial charge in [0, 0.05) is 24.7 Å². The minimum Gasteiger partial charge on any atom is -0.352 e. The molecule has 2 aromatic rings. The van der Waals surface area contributed by atoms with Crippen LogP contribution in [0, 0.1) is 0 Å². The number of rotatable bonds is 2. The van der Waals surface area contributed by atoms with Crippen LogP contribution in [-0.2, 0) is 17.6 Å². The topological polar surface area (TPSA) is 58.1 Å². The van der Waals surface area contributed by atoms with E-state index in [2.05, 4.69) is 27.3 Å². The van der Waals surface area contributed by atoms with Gasteiger partial charge in [-0.2, -0.15) is 0 Å². The number of carbonyl (C=O) groups excluding carboxylic acids is 1. The lowest BCUT2D eigenvalue weighted by Crippen LogP contribution is -2.68. The Morgan fingerprint density at radius 3 is 2.81 bits per heavy atom. The quantitative estimate of drug-likeness (QED) is 0.906. The van der Waals surface area contributed by atoms with E-state index >= 15 is 0 Å². The zero-order chi connectivity index (χ0) is 17.6. The first-order valence-corrected chi connectivity index (χ1v) is 9.71. The van der Waals surface area contributed by atoms with Crippen LogP contribution in [0.2, 0.25) is 0 Å². The Balaban J connectivity index is 1.55. The summed E-state index contributed by atoms with van der Waals surface area (Å²) in [5.41, 5.74) is 2.46. The Kier molecular flexibility index (Phi) is 3.69. The summed E-state index contributed by atoms with van der Waals surface area (Å²) in [5, 5.41) is 3.18. The van der Waals surface area contributed by atoms with E-state index in [0.29, 0.717) is 0 Å². The lowest BCUT2D eigenvalue weighted by Gasteiger charge is -2.52. The average molecular weight is 348 g/mol. The number of hydrogen-bond acceptors (Lipinski definition) is 4. The zero-order valence-electron chi connectivity index (χ0n) is 14.9. The predicted octanol–water partition coefficient (Wildman–Crippen LogP) is 2.63. The van der Waals surface area contributed by atoms with Crippen molar-refractivity contribution in [3.05, 3.63) is 53.5 Å². The van der Waals surface area contributed by atoms with Gasteiger partial charge < -0.3 is 10.2 Å². The van der Waals surface area contributed by atoms with Gasteiger partial charge in [-0.15, -0.1) is 0 Å². The molecule has 5 nitrogen and oxygen atoms in total. The summed E-state index contributed by atoms with van der Waals surface area (Å²) in [6, 6.07) is 10.3. The largest absolute Gasteiger partial charge is 0.352 e. The van der Waals surface area contributed by atoms with Crippen LogP contribution in [0.3, 0.4) is 0 Å². The number of hydrogen-bond donors (Lipinski definition) is 1. The lowest BCUT2D eigenvalue weighted by atomic mass is 9.85. The normalized spacial score (nSPS) is 23.5. The summed E-state index contributed by atoms with van der Waals surface area (Å²) in [5.74, 6) is 2.02. The van der Waals surface area contributed by atoms with Crippen molar-refractivity contribution in [1.82, 2.24) is 15.3 Å². The first-order valence-electron chi connectivity index (χ1n) is 9.71. The average Bonchev–Trinajstić information content (AvgIpc) is 3.14. The van der Waals surface area contributed by atoms with Gasteiger partial charge in [0.1, 0.15) is 17.7 Å². The van der Waals surface area contributed by atoms with Gasteiger partial charge in [0.25, 0.3) is 0 Å². The van der Waals surface area contributed by atoms with Crippen molar-refractivity contribution < 1.29 is 4.79 Å². The summed E-state index contributed by atoms with van der Waals surface area (Å²) >= 11 is 0. The Labute approximate surface area is 153 Å². The number of amides is 1. The monoisotopic (exact) mass is 348 g/mol. The number of benzene rings is 1. The molecule has 3 aliphatic rings. The summed E-state index contributed by atoms with van der Waals surface area (Å²) in [6.45, 7) is 0.750. The number of fused-ring (bicyclic) bond motifs is 4. The standard InChI is InChI=1S/C21H24N4O/c26-20-17-9-8-16-13-22-18(12-15-6-2-1-3-7-15)24-19(16)25(17)21(14-23-20)10-4-5-11-21/h1-3,6-7,13,17H,4-5,8-12,14H2,(H,23,26). The molecule has 0 radical (unpaired) electrons. The van der Waals surface area contributed by atoms with Crippen molar-refractivity contribution in [3.63, 3.8) is 0 Å². The van der Waals surface area contributed by atoms with E-state index < -0.39 is 0 Å². The van der Waals surface area contributed by atoms with Crippen LogP contribution in [0.25, 0.3) is 0 Å². The van der Waals surface area contributed by atoms with E-state index in [1.54, 1.807) is 0 Å². The Morgan fingerprint density at radius 2 is 2.00 bits per heavy atom. The number of carbonyl (C=O) groups is 1. The first-order chi connectivity index (χ1) is 12.8. The number of nitrogens with zero attached hydrogens (tertiary/aromatic N) is 3. The molecular weight excluding hydrogens is 324 g/mol. The summed E-state index contributed by atoms with van der Waals surface area (Å²) in [6.07, 6.45) is 9.21. The molecule has 1 aliphatic carbocycles. The van der Waals surface area contributed by atoms with Gasteiger partial charge in [0.05, 0.1) is 5.54 Å². The van der Waals surface area contributed by atoms with E-state index in [1.165, 1.54) is 24.0 Å². The van der Waals surface area contributed by atoms with Crippen LogP contribution >= 0.6 is 0 Å². The van der Waals surface area contributed by atoms with Gasteiger partial charge in [-0.05, 0) is 31.2 Å². The van der Waals surface area contributed by atoms with Crippen LogP contribution in [0.4, 0.5) is 5.82 Å². The third-order valence-electron chi connectivity index (χ3n) is 6.26. The summed E-state index contributed by atoms with van der Waals surface area (Å²) < 4.78 is 0. The molecule has 1 unspecified atom stereocenters. The molecule has 1 aromatic heterocycles. The highest BCUT2D eigenvalue weighted by molar-refractivity contribution is 5.88. The van der Waals surface area contributed by atoms with Gasteiger partial charge in [-0.1, -0.05) is 43.2 Å². The maximum atomic E-state index is 12.6. The number of aromatic nitrogens is 2. The Hall–Kier alpha value is -2.43. The minimum atomic E-state index is -0.0752. The van der Waals surface area contributed by atoms with Gasteiger partial charge in [-0.3, -0.25) is 4.79 Å². The fourth-order valence-corrected chi connectivity index (χ4v) is 4.96. The van der Waals surface area contributed by atoms with Crippen molar-refractivity contribution in [2.24, 2.45) is 0 Å². The fraction of sp³-hybridized carbons (Fsp3) is 0.476.